The van der Waals surface area contributed by atoms with Crippen LogP contribution >= 0.6 is 11.3 Å². The Kier molecular flexibility index (Phi) is 5.08. The zero-order valence-corrected chi connectivity index (χ0v) is 15.2. The Bertz CT molecular complexity index is 846. The molecule has 4 rings (SSSR count). The van der Waals surface area contributed by atoms with Crippen molar-refractivity contribution >= 4 is 17.2 Å². The summed E-state index contributed by atoms with van der Waals surface area (Å²) in [5.74, 6) is -0.108. The van der Waals surface area contributed by atoms with E-state index in [1.54, 1.807) is 10.9 Å². The number of fused-ring (bicyclic) bond motifs is 1. The van der Waals surface area contributed by atoms with Crippen molar-refractivity contribution in [3.63, 3.8) is 0 Å². The topological polar surface area (TPSA) is 63.1 Å². The van der Waals surface area contributed by atoms with Crippen molar-refractivity contribution < 1.29 is 4.79 Å². The molecule has 1 aliphatic rings. The summed E-state index contributed by atoms with van der Waals surface area (Å²) in [6, 6.07) is 12.9. The van der Waals surface area contributed by atoms with Gasteiger partial charge in [0, 0.05) is 37.8 Å². The maximum atomic E-state index is 12.0. The molecule has 0 saturated carbocycles. The monoisotopic (exact) mass is 367 g/mol. The average molecular weight is 367 g/mol. The number of amides is 1. The van der Waals surface area contributed by atoms with E-state index in [0.717, 1.165) is 26.1 Å². The largest absolute Gasteiger partial charge is 0.351 e. The van der Waals surface area contributed by atoms with E-state index in [4.69, 9.17) is 0 Å². The molecule has 0 fully saturated rings. The van der Waals surface area contributed by atoms with Gasteiger partial charge in [0.25, 0.3) is 5.91 Å². The molecule has 0 radical (unpaired) electrons. The van der Waals surface area contributed by atoms with Crippen LogP contribution in [0.15, 0.2) is 53.5 Å². The number of carbonyl (C=O) groups excluding carboxylic acids is 1. The fraction of sp³-hybridized carbons (Fsp3) is 0.316. The first kappa shape index (κ1) is 16.9. The van der Waals surface area contributed by atoms with E-state index in [1.807, 2.05) is 12.3 Å². The summed E-state index contributed by atoms with van der Waals surface area (Å²) in [7, 11) is 0. The van der Waals surface area contributed by atoms with Crippen molar-refractivity contribution in [1.29, 1.82) is 0 Å². The third-order valence-electron chi connectivity index (χ3n) is 4.63. The molecule has 1 atom stereocenters. The van der Waals surface area contributed by atoms with Gasteiger partial charge >= 0.3 is 0 Å². The van der Waals surface area contributed by atoms with E-state index in [2.05, 4.69) is 55.3 Å². The van der Waals surface area contributed by atoms with Gasteiger partial charge < -0.3 is 5.32 Å². The van der Waals surface area contributed by atoms with E-state index in [-0.39, 0.29) is 11.9 Å². The second kappa shape index (κ2) is 7.80. The summed E-state index contributed by atoms with van der Waals surface area (Å²) in [5.41, 5.74) is 4.70. The maximum absolute atomic E-state index is 12.0. The van der Waals surface area contributed by atoms with Crippen LogP contribution in [0.5, 0.6) is 0 Å². The van der Waals surface area contributed by atoms with Crippen LogP contribution in [0.1, 0.15) is 34.2 Å². The SMILES string of the molecule is O=C(NCCC1CN(Cc2ccccc2)Cc2ccnn21)c1cscn1. The lowest BCUT2D eigenvalue weighted by Crippen LogP contribution is -2.39. The molecule has 1 amide bonds. The van der Waals surface area contributed by atoms with Gasteiger partial charge in [-0.25, -0.2) is 4.98 Å². The number of nitrogens with one attached hydrogen (secondary N) is 1. The lowest BCUT2D eigenvalue weighted by atomic mass is 10.1. The molecule has 3 heterocycles. The van der Waals surface area contributed by atoms with Gasteiger partial charge in [-0.05, 0) is 18.1 Å². The summed E-state index contributed by atoms with van der Waals surface area (Å²) in [6.07, 6.45) is 2.71. The predicted molar refractivity (Wildman–Crippen MR) is 101 cm³/mol. The number of nitrogens with zero attached hydrogens (tertiary/aromatic N) is 4. The third kappa shape index (κ3) is 3.84. The molecule has 0 aliphatic carbocycles. The minimum Gasteiger partial charge on any atom is -0.351 e. The molecule has 3 aromatic rings. The van der Waals surface area contributed by atoms with Crippen LogP contribution < -0.4 is 5.32 Å². The predicted octanol–water partition coefficient (Wildman–Crippen LogP) is 2.72. The first-order valence-electron chi connectivity index (χ1n) is 8.74. The Hall–Kier alpha value is -2.51. The highest BCUT2D eigenvalue weighted by molar-refractivity contribution is 7.07. The highest BCUT2D eigenvalue weighted by Crippen LogP contribution is 2.24. The standard InChI is InChI=1S/C19H21N5OS/c25-19(18-13-26-14-21-18)20-8-6-16-11-23(10-15-4-2-1-3-5-15)12-17-7-9-22-24(16)17/h1-5,7,9,13-14,16H,6,8,10-12H2,(H,20,25). The Balaban J connectivity index is 1.38. The maximum Gasteiger partial charge on any atom is 0.270 e. The Morgan fingerprint density at radius 3 is 2.96 bits per heavy atom. The van der Waals surface area contributed by atoms with E-state index in [0.29, 0.717) is 12.2 Å². The van der Waals surface area contributed by atoms with E-state index in [9.17, 15) is 4.79 Å². The minimum absolute atomic E-state index is 0.108. The molecule has 2 aromatic heterocycles. The Morgan fingerprint density at radius 2 is 2.15 bits per heavy atom. The zero-order chi connectivity index (χ0) is 17.8. The number of benzene rings is 1. The number of hydrogen-bond donors (Lipinski definition) is 1. The highest BCUT2D eigenvalue weighted by atomic mass is 32.1. The van der Waals surface area contributed by atoms with Crippen LogP contribution in [-0.2, 0) is 13.1 Å². The van der Waals surface area contributed by atoms with E-state index >= 15 is 0 Å². The molecule has 7 heteroatoms. The zero-order valence-electron chi connectivity index (χ0n) is 14.4. The van der Waals surface area contributed by atoms with Crippen molar-refractivity contribution in [2.45, 2.75) is 25.6 Å². The van der Waals surface area contributed by atoms with Crippen molar-refractivity contribution in [2.24, 2.45) is 0 Å². The van der Waals surface area contributed by atoms with Gasteiger partial charge in [-0.1, -0.05) is 30.3 Å². The molecule has 1 N–H and O–H groups in total. The minimum atomic E-state index is -0.108. The first-order valence-corrected chi connectivity index (χ1v) is 9.69. The van der Waals surface area contributed by atoms with E-state index in [1.165, 1.54) is 22.6 Å². The molecule has 0 saturated heterocycles. The summed E-state index contributed by atoms with van der Waals surface area (Å²) in [6.45, 7) is 3.36. The van der Waals surface area contributed by atoms with Crippen LogP contribution in [0.3, 0.4) is 0 Å². The third-order valence-corrected chi connectivity index (χ3v) is 5.22. The molecular weight excluding hydrogens is 346 g/mol. The average Bonchev–Trinajstić information content (AvgIpc) is 3.34. The molecule has 26 heavy (non-hydrogen) atoms. The van der Waals surface area contributed by atoms with Gasteiger partial charge in [0.15, 0.2) is 0 Å². The fourth-order valence-electron chi connectivity index (χ4n) is 3.41. The smallest absolute Gasteiger partial charge is 0.270 e. The molecule has 1 aliphatic heterocycles. The van der Waals surface area contributed by atoms with Gasteiger partial charge in [-0.2, -0.15) is 5.10 Å². The van der Waals surface area contributed by atoms with Crippen molar-refractivity contribution in [1.82, 2.24) is 25.0 Å². The molecule has 1 unspecified atom stereocenters. The second-order valence-electron chi connectivity index (χ2n) is 6.49. The number of aromatic nitrogens is 3. The normalized spacial score (nSPS) is 17.0. The van der Waals surface area contributed by atoms with Crippen LogP contribution in [0, 0.1) is 0 Å². The lowest BCUT2D eigenvalue weighted by molar-refractivity contribution is 0.0942. The Labute approximate surface area is 156 Å². The van der Waals surface area contributed by atoms with E-state index < -0.39 is 0 Å². The van der Waals surface area contributed by atoms with Crippen molar-refractivity contribution in [3.8, 4) is 0 Å². The quantitative estimate of drug-likeness (QED) is 0.728. The number of carbonyl (C=O) groups is 1. The van der Waals surface area contributed by atoms with Gasteiger partial charge in [0.1, 0.15) is 5.69 Å². The molecule has 0 bridgehead atoms. The van der Waals surface area contributed by atoms with Crippen LogP contribution in [-0.4, -0.2) is 38.7 Å². The van der Waals surface area contributed by atoms with Gasteiger partial charge in [-0.15, -0.1) is 11.3 Å². The van der Waals surface area contributed by atoms with Crippen LogP contribution in [0.25, 0.3) is 0 Å². The first-order chi connectivity index (χ1) is 12.8. The highest BCUT2D eigenvalue weighted by Gasteiger charge is 2.25. The summed E-state index contributed by atoms with van der Waals surface area (Å²) in [4.78, 5) is 18.5. The Morgan fingerprint density at radius 1 is 1.27 bits per heavy atom. The number of rotatable bonds is 6. The summed E-state index contributed by atoms with van der Waals surface area (Å²) in [5, 5.41) is 9.23. The van der Waals surface area contributed by atoms with Crippen LogP contribution in [0.2, 0.25) is 0 Å². The van der Waals surface area contributed by atoms with Crippen molar-refractivity contribution in [2.75, 3.05) is 13.1 Å². The summed E-state index contributed by atoms with van der Waals surface area (Å²) < 4.78 is 2.11. The van der Waals surface area contributed by atoms with Gasteiger partial charge in [0.2, 0.25) is 0 Å². The molecule has 0 spiro atoms. The van der Waals surface area contributed by atoms with Crippen molar-refractivity contribution in [3.05, 3.63) is 70.4 Å². The molecular formula is C19H21N5OS. The summed E-state index contributed by atoms with van der Waals surface area (Å²) >= 11 is 1.43. The number of thiazole rings is 1. The fourth-order valence-corrected chi connectivity index (χ4v) is 3.94. The molecule has 134 valence electrons. The number of hydrogen-bond acceptors (Lipinski definition) is 5. The van der Waals surface area contributed by atoms with Gasteiger partial charge in [-0.3, -0.25) is 14.4 Å². The van der Waals surface area contributed by atoms with Gasteiger partial charge in [0.05, 0.1) is 17.2 Å². The molecule has 6 nitrogen and oxygen atoms in total. The van der Waals surface area contributed by atoms with Crippen LogP contribution in [0.4, 0.5) is 0 Å². The lowest BCUT2D eigenvalue weighted by Gasteiger charge is -2.34. The molecule has 1 aromatic carbocycles. The second-order valence-corrected chi connectivity index (χ2v) is 7.21.